The molecule has 1 atom stereocenters. The molecule has 0 aromatic heterocycles. The van der Waals surface area contributed by atoms with Gasteiger partial charge in [-0.3, -0.25) is 5.32 Å². The zero-order valence-electron chi connectivity index (χ0n) is 5.10. The largest absolute Gasteiger partial charge is 0.696 e. The van der Waals surface area contributed by atoms with Crippen LogP contribution in [-0.4, -0.2) is 34.7 Å². The van der Waals surface area contributed by atoms with Crippen LogP contribution in [-0.2, 0) is 9.09 Å². The van der Waals surface area contributed by atoms with Crippen LogP contribution in [0.4, 0.5) is 0 Å². The maximum atomic E-state index is 9.80. The highest BCUT2D eigenvalue weighted by molar-refractivity contribution is 7.32. The highest BCUT2D eigenvalue weighted by Crippen LogP contribution is 2.11. The molecule has 0 saturated heterocycles. The molecule has 0 heterocycles. The zero-order valence-corrected chi connectivity index (χ0v) is 5.99. The maximum Gasteiger partial charge on any atom is 0.696 e. The SMILES string of the molecule is O=[P+](O)OCNCC(O)O. The molecule has 0 aromatic rings. The molecule has 0 fully saturated rings. The van der Waals surface area contributed by atoms with Gasteiger partial charge < -0.3 is 10.2 Å². The fourth-order valence-electron chi connectivity index (χ4n) is 0.289. The topological polar surface area (TPSA) is 99.0 Å². The van der Waals surface area contributed by atoms with E-state index in [1.165, 1.54) is 0 Å². The maximum absolute atomic E-state index is 9.80. The summed E-state index contributed by atoms with van der Waals surface area (Å²) in [5.74, 6) is 0. The summed E-state index contributed by atoms with van der Waals surface area (Å²) in [6.07, 6.45) is -1.47. The van der Waals surface area contributed by atoms with Crippen LogP contribution in [0.3, 0.4) is 0 Å². The lowest BCUT2D eigenvalue weighted by atomic mass is 10.6. The van der Waals surface area contributed by atoms with Crippen molar-refractivity contribution in [2.24, 2.45) is 0 Å². The van der Waals surface area contributed by atoms with E-state index in [0.717, 1.165) is 0 Å². The van der Waals surface area contributed by atoms with Crippen molar-refractivity contribution in [1.29, 1.82) is 0 Å². The van der Waals surface area contributed by atoms with Gasteiger partial charge in [0.05, 0.1) is 0 Å². The van der Waals surface area contributed by atoms with Crippen LogP contribution < -0.4 is 5.32 Å². The number of nitrogens with one attached hydrogen (secondary N) is 1. The molecule has 0 aliphatic rings. The van der Waals surface area contributed by atoms with Gasteiger partial charge in [0.1, 0.15) is 0 Å². The number of aliphatic hydroxyl groups excluding tert-OH is 1. The third-order valence-electron chi connectivity index (χ3n) is 0.604. The van der Waals surface area contributed by atoms with Gasteiger partial charge in [-0.25, -0.2) is 0 Å². The fraction of sp³-hybridized carbons (Fsp3) is 1.00. The average Bonchev–Trinajstić information content (AvgIpc) is 1.79. The van der Waals surface area contributed by atoms with Gasteiger partial charge in [0.15, 0.2) is 13.0 Å². The summed E-state index contributed by atoms with van der Waals surface area (Å²) in [6.45, 7) is -0.271. The lowest BCUT2D eigenvalue weighted by molar-refractivity contribution is -0.0398. The molecule has 0 aliphatic heterocycles. The van der Waals surface area contributed by atoms with Gasteiger partial charge in [-0.15, -0.1) is 9.42 Å². The minimum Gasteiger partial charge on any atom is -0.367 e. The van der Waals surface area contributed by atoms with E-state index >= 15 is 0 Å². The van der Waals surface area contributed by atoms with E-state index in [2.05, 4.69) is 9.84 Å². The summed E-state index contributed by atoms with van der Waals surface area (Å²) in [4.78, 5) is 8.04. The van der Waals surface area contributed by atoms with E-state index in [-0.39, 0.29) is 13.3 Å². The Hall–Kier alpha value is -0.100. The third kappa shape index (κ3) is 7.90. The Morgan fingerprint density at radius 2 is 2.20 bits per heavy atom. The summed E-state index contributed by atoms with van der Waals surface area (Å²) in [5, 5.41) is 18.8. The van der Waals surface area contributed by atoms with Crippen molar-refractivity contribution in [3.63, 3.8) is 0 Å². The average molecular weight is 170 g/mol. The third-order valence-corrected chi connectivity index (χ3v) is 0.954. The molecule has 4 N–H and O–H groups in total. The Balaban J connectivity index is 2.98. The van der Waals surface area contributed by atoms with E-state index < -0.39 is 14.5 Å². The van der Waals surface area contributed by atoms with Crippen molar-refractivity contribution >= 4 is 8.25 Å². The lowest BCUT2D eigenvalue weighted by Gasteiger charge is -2.00. The fourth-order valence-corrected chi connectivity index (χ4v) is 0.491. The zero-order chi connectivity index (χ0) is 7.98. The van der Waals surface area contributed by atoms with Crippen molar-refractivity contribution in [1.82, 2.24) is 5.32 Å². The van der Waals surface area contributed by atoms with Crippen LogP contribution in [0.15, 0.2) is 0 Å². The second-order valence-electron chi connectivity index (χ2n) is 1.45. The Bertz CT molecular complexity index is 107. The first-order valence-corrected chi connectivity index (χ1v) is 3.62. The van der Waals surface area contributed by atoms with E-state index in [9.17, 15) is 4.57 Å². The van der Waals surface area contributed by atoms with Crippen molar-refractivity contribution in [2.45, 2.75) is 6.29 Å². The van der Waals surface area contributed by atoms with Crippen LogP contribution in [0, 0.1) is 0 Å². The molecule has 0 radical (unpaired) electrons. The van der Waals surface area contributed by atoms with E-state index in [0.29, 0.717) is 0 Å². The van der Waals surface area contributed by atoms with Crippen molar-refractivity contribution < 1.29 is 24.2 Å². The molecule has 0 aromatic carbocycles. The quantitative estimate of drug-likeness (QED) is 0.228. The number of rotatable bonds is 5. The molecule has 0 spiro atoms. The second kappa shape index (κ2) is 5.67. The number of hydrogen-bond acceptors (Lipinski definition) is 5. The van der Waals surface area contributed by atoms with Crippen LogP contribution >= 0.6 is 8.25 Å². The molecule has 10 heavy (non-hydrogen) atoms. The molecule has 0 rings (SSSR count). The highest BCUT2D eigenvalue weighted by atomic mass is 31.1. The minimum absolute atomic E-state index is 0.0941. The Morgan fingerprint density at radius 1 is 1.60 bits per heavy atom. The van der Waals surface area contributed by atoms with Gasteiger partial charge >= 0.3 is 8.25 Å². The molecule has 0 bridgehead atoms. The first-order chi connectivity index (χ1) is 4.63. The summed E-state index contributed by atoms with van der Waals surface area (Å²) in [5.41, 5.74) is 0. The Kier molecular flexibility index (Phi) is 5.61. The van der Waals surface area contributed by atoms with Crippen molar-refractivity contribution in [2.75, 3.05) is 13.3 Å². The number of hydrogen-bond donors (Lipinski definition) is 4. The monoisotopic (exact) mass is 170 g/mol. The highest BCUT2D eigenvalue weighted by Gasteiger charge is 2.10. The van der Waals surface area contributed by atoms with Crippen molar-refractivity contribution in [3.05, 3.63) is 0 Å². The molecule has 6 nitrogen and oxygen atoms in total. The van der Waals surface area contributed by atoms with Gasteiger partial charge in [-0.1, -0.05) is 0 Å². The number of aliphatic hydroxyl groups is 2. The molecule has 7 heteroatoms. The Morgan fingerprint density at radius 3 is 2.60 bits per heavy atom. The van der Waals surface area contributed by atoms with Gasteiger partial charge in [0.2, 0.25) is 0 Å². The van der Waals surface area contributed by atoms with Gasteiger partial charge in [0, 0.05) is 11.1 Å². The van der Waals surface area contributed by atoms with Gasteiger partial charge in [0.25, 0.3) is 0 Å². The predicted octanol–water partition coefficient (Wildman–Crippen LogP) is -1.49. The minimum atomic E-state index is -2.61. The smallest absolute Gasteiger partial charge is 0.367 e. The van der Waals surface area contributed by atoms with Crippen LogP contribution in [0.2, 0.25) is 0 Å². The summed E-state index contributed by atoms with van der Waals surface area (Å²) >= 11 is 0. The molecule has 60 valence electrons. The first kappa shape index (κ1) is 9.90. The molecule has 0 amide bonds. The normalized spacial score (nSPS) is 12.2. The summed E-state index contributed by atoms with van der Waals surface area (Å²) in [7, 11) is -2.61. The van der Waals surface area contributed by atoms with Crippen LogP contribution in [0.5, 0.6) is 0 Å². The van der Waals surface area contributed by atoms with Crippen LogP contribution in [0.1, 0.15) is 0 Å². The molecular weight excluding hydrogens is 161 g/mol. The Labute approximate surface area is 58.4 Å². The molecular formula is C3H9NO5P+. The van der Waals surface area contributed by atoms with Crippen LogP contribution in [0.25, 0.3) is 0 Å². The molecule has 1 unspecified atom stereocenters. The van der Waals surface area contributed by atoms with Crippen molar-refractivity contribution in [3.8, 4) is 0 Å². The standard InChI is InChI=1S/C3H8NO5P/c5-3(6)1-4-2-9-10(7)8/h3-6H,1-2H2/p+1. The van der Waals surface area contributed by atoms with E-state index in [1.807, 2.05) is 0 Å². The summed E-state index contributed by atoms with van der Waals surface area (Å²) in [6, 6.07) is 0. The lowest BCUT2D eigenvalue weighted by Crippen LogP contribution is -2.27. The van der Waals surface area contributed by atoms with Gasteiger partial charge in [-0.2, -0.15) is 0 Å². The van der Waals surface area contributed by atoms with E-state index in [4.69, 9.17) is 15.1 Å². The first-order valence-electron chi connectivity index (χ1n) is 2.49. The van der Waals surface area contributed by atoms with Gasteiger partial charge in [-0.05, 0) is 0 Å². The second-order valence-corrected chi connectivity index (χ2v) is 2.18. The summed E-state index contributed by atoms with van der Waals surface area (Å²) < 4.78 is 13.9. The van der Waals surface area contributed by atoms with E-state index in [1.54, 1.807) is 0 Å². The molecule has 0 saturated carbocycles. The molecule has 0 aliphatic carbocycles. The predicted molar refractivity (Wildman–Crippen MR) is 32.0 cm³/mol.